The van der Waals surface area contributed by atoms with Crippen LogP contribution < -0.4 is 16.2 Å². The topological polar surface area (TPSA) is 100 Å². The molecule has 0 atom stereocenters. The quantitative estimate of drug-likeness (QED) is 0.277. The van der Waals surface area contributed by atoms with Gasteiger partial charge in [-0.25, -0.2) is 4.98 Å². The van der Waals surface area contributed by atoms with E-state index in [4.69, 9.17) is 11.6 Å². The molecule has 7 nitrogen and oxygen atoms in total. The summed E-state index contributed by atoms with van der Waals surface area (Å²) in [6, 6.07) is 14.1. The van der Waals surface area contributed by atoms with Crippen LogP contribution in [-0.4, -0.2) is 28.9 Å². The van der Waals surface area contributed by atoms with Crippen molar-refractivity contribution in [3.63, 3.8) is 0 Å². The number of carbonyl (C=O) groups is 3. The smallest absolute Gasteiger partial charge is 0.303 e. The molecule has 0 saturated heterocycles. The summed E-state index contributed by atoms with van der Waals surface area (Å²) in [6.07, 6.45) is -3.81. The van der Waals surface area contributed by atoms with Crippen LogP contribution in [-0.2, 0) is 10.7 Å². The highest BCUT2D eigenvalue weighted by Gasteiger charge is 2.38. The Morgan fingerprint density at radius 3 is 2.36 bits per heavy atom. The predicted octanol–water partition coefficient (Wildman–Crippen LogP) is 4.10. The zero-order valence-electron chi connectivity index (χ0n) is 18.7. The second-order valence-corrected chi connectivity index (χ2v) is 7.63. The number of nitrogens with one attached hydrogen (secondary N) is 3. The van der Waals surface area contributed by atoms with Crippen molar-refractivity contribution in [3.8, 4) is 11.8 Å². The lowest BCUT2D eigenvalue weighted by Gasteiger charge is -2.10. The second kappa shape index (κ2) is 11.4. The van der Waals surface area contributed by atoms with Crippen LogP contribution in [0.5, 0.6) is 0 Å². The molecule has 36 heavy (non-hydrogen) atoms. The van der Waals surface area contributed by atoms with Gasteiger partial charge in [0.05, 0.1) is 0 Å². The zero-order valence-corrected chi connectivity index (χ0v) is 19.4. The van der Waals surface area contributed by atoms with E-state index in [-0.39, 0.29) is 17.3 Å². The minimum atomic E-state index is -5.02. The average molecular weight is 515 g/mol. The molecule has 0 spiro atoms. The molecule has 1 aromatic heterocycles. The lowest BCUT2D eigenvalue weighted by molar-refractivity contribution is -0.167. The molecule has 0 bridgehead atoms. The van der Waals surface area contributed by atoms with Gasteiger partial charge in [-0.1, -0.05) is 36.1 Å². The molecule has 184 valence electrons. The van der Waals surface area contributed by atoms with Gasteiger partial charge in [-0.05, 0) is 48.4 Å². The number of amides is 3. The van der Waals surface area contributed by atoms with Crippen molar-refractivity contribution in [1.82, 2.24) is 15.8 Å². The largest absolute Gasteiger partial charge is 0.471 e. The maximum Gasteiger partial charge on any atom is 0.471 e. The average Bonchev–Trinajstić information content (AvgIpc) is 2.86. The van der Waals surface area contributed by atoms with E-state index in [1.807, 2.05) is 0 Å². The Hall–Kier alpha value is -4.36. The Bertz CT molecular complexity index is 1360. The van der Waals surface area contributed by atoms with Crippen LogP contribution in [0.25, 0.3) is 0 Å². The van der Waals surface area contributed by atoms with Crippen molar-refractivity contribution in [3.05, 3.63) is 94.2 Å². The van der Waals surface area contributed by atoms with Crippen LogP contribution in [0.3, 0.4) is 0 Å². The molecule has 0 aliphatic carbocycles. The van der Waals surface area contributed by atoms with E-state index in [0.717, 1.165) is 5.56 Å². The monoisotopic (exact) mass is 514 g/mol. The van der Waals surface area contributed by atoms with E-state index in [0.29, 0.717) is 22.3 Å². The van der Waals surface area contributed by atoms with Crippen molar-refractivity contribution in [2.45, 2.75) is 19.0 Å². The standard InChI is InChI=1S/C25H18ClF3N4O3/c1-15-6-9-18(22(34)32-33-23(35)20-5-3-2-4-19(20)13-26)12-17(15)10-7-16-8-11-21(30-14-16)31-24(36)25(27,28)29/h2-6,8-9,11-12,14H,13H2,1H3,(H,32,34)(H,33,35)(H,30,31,36). The van der Waals surface area contributed by atoms with Gasteiger partial charge in [0.2, 0.25) is 0 Å². The molecule has 0 saturated carbocycles. The molecule has 0 unspecified atom stereocenters. The van der Waals surface area contributed by atoms with Gasteiger partial charge in [0, 0.05) is 34.3 Å². The first-order valence-electron chi connectivity index (χ1n) is 10.3. The fourth-order valence-corrected chi connectivity index (χ4v) is 3.11. The van der Waals surface area contributed by atoms with Gasteiger partial charge in [-0.15, -0.1) is 11.6 Å². The number of rotatable bonds is 4. The molecule has 1 heterocycles. The number of alkyl halides is 4. The number of halogens is 4. The lowest BCUT2D eigenvalue weighted by Crippen LogP contribution is -2.42. The fourth-order valence-electron chi connectivity index (χ4n) is 2.88. The molecule has 11 heteroatoms. The minimum Gasteiger partial charge on any atom is -0.303 e. The molecule has 3 amide bonds. The van der Waals surface area contributed by atoms with Crippen molar-refractivity contribution in [2.75, 3.05) is 5.32 Å². The van der Waals surface area contributed by atoms with E-state index < -0.39 is 23.9 Å². The molecule has 0 radical (unpaired) electrons. The highest BCUT2D eigenvalue weighted by molar-refractivity contribution is 6.17. The summed E-state index contributed by atoms with van der Waals surface area (Å²) in [5.74, 6) is 2.33. The van der Waals surface area contributed by atoms with Gasteiger partial charge in [-0.2, -0.15) is 13.2 Å². The molecule has 3 aromatic rings. The zero-order chi connectivity index (χ0) is 26.3. The first-order valence-corrected chi connectivity index (χ1v) is 10.8. The summed E-state index contributed by atoms with van der Waals surface area (Å²) >= 11 is 5.84. The van der Waals surface area contributed by atoms with Crippen LogP contribution in [0.2, 0.25) is 0 Å². The first-order chi connectivity index (χ1) is 17.1. The summed E-state index contributed by atoms with van der Waals surface area (Å²) in [4.78, 5) is 39.6. The Kier molecular flexibility index (Phi) is 8.30. The molecule has 0 fully saturated rings. The van der Waals surface area contributed by atoms with Gasteiger partial charge in [0.1, 0.15) is 5.82 Å². The van der Waals surface area contributed by atoms with Crippen molar-refractivity contribution in [1.29, 1.82) is 0 Å². The number of hydrogen-bond acceptors (Lipinski definition) is 4. The summed E-state index contributed by atoms with van der Waals surface area (Å²) in [5, 5.41) is 1.64. The summed E-state index contributed by atoms with van der Waals surface area (Å²) < 4.78 is 37.0. The number of nitrogens with zero attached hydrogens (tertiary/aromatic N) is 1. The van der Waals surface area contributed by atoms with Crippen molar-refractivity contribution >= 4 is 35.1 Å². The first kappa shape index (κ1) is 26.2. The third kappa shape index (κ3) is 6.84. The van der Waals surface area contributed by atoms with Crippen LogP contribution in [0.1, 0.15) is 43.0 Å². The van der Waals surface area contributed by atoms with E-state index in [2.05, 4.69) is 27.7 Å². The molecular formula is C25H18ClF3N4O3. The van der Waals surface area contributed by atoms with Crippen LogP contribution in [0, 0.1) is 18.8 Å². The summed E-state index contributed by atoms with van der Waals surface area (Å²) in [6.45, 7) is 1.78. The number of carbonyl (C=O) groups excluding carboxylic acids is 3. The molecule has 3 rings (SSSR count). The highest BCUT2D eigenvalue weighted by Crippen LogP contribution is 2.17. The maximum atomic E-state index is 12.5. The number of benzene rings is 2. The molecule has 0 aliphatic heterocycles. The van der Waals surface area contributed by atoms with E-state index in [9.17, 15) is 27.6 Å². The molecule has 2 aromatic carbocycles. The Balaban J connectivity index is 1.68. The maximum absolute atomic E-state index is 12.5. The van der Waals surface area contributed by atoms with Gasteiger partial charge < -0.3 is 5.32 Å². The van der Waals surface area contributed by atoms with Crippen molar-refractivity contribution < 1.29 is 27.6 Å². The van der Waals surface area contributed by atoms with E-state index in [1.54, 1.807) is 48.6 Å². The van der Waals surface area contributed by atoms with Crippen LogP contribution >= 0.6 is 11.6 Å². The van der Waals surface area contributed by atoms with Gasteiger partial charge >= 0.3 is 12.1 Å². The third-order valence-electron chi connectivity index (χ3n) is 4.80. The third-order valence-corrected chi connectivity index (χ3v) is 5.09. The Morgan fingerprint density at radius 1 is 0.972 bits per heavy atom. The predicted molar refractivity (Wildman–Crippen MR) is 127 cm³/mol. The summed E-state index contributed by atoms with van der Waals surface area (Å²) in [5.41, 5.74) is 7.53. The number of anilines is 1. The number of pyridine rings is 1. The molecule has 0 aliphatic rings. The highest BCUT2D eigenvalue weighted by atomic mass is 35.5. The fraction of sp³-hybridized carbons (Fsp3) is 0.120. The van der Waals surface area contributed by atoms with Crippen LogP contribution in [0.4, 0.5) is 19.0 Å². The number of hydrazine groups is 1. The van der Waals surface area contributed by atoms with E-state index in [1.165, 1.54) is 24.4 Å². The molecule has 3 N–H and O–H groups in total. The van der Waals surface area contributed by atoms with Gasteiger partial charge in [0.15, 0.2) is 0 Å². The van der Waals surface area contributed by atoms with Crippen LogP contribution in [0.15, 0.2) is 60.8 Å². The Morgan fingerprint density at radius 2 is 1.69 bits per heavy atom. The number of hydrogen-bond donors (Lipinski definition) is 3. The van der Waals surface area contributed by atoms with Gasteiger partial charge in [-0.3, -0.25) is 25.2 Å². The minimum absolute atomic E-state index is 0.137. The summed E-state index contributed by atoms with van der Waals surface area (Å²) in [7, 11) is 0. The van der Waals surface area contributed by atoms with E-state index >= 15 is 0 Å². The van der Waals surface area contributed by atoms with Gasteiger partial charge in [0.25, 0.3) is 11.8 Å². The normalized spacial score (nSPS) is 10.6. The second-order valence-electron chi connectivity index (χ2n) is 7.36. The number of aromatic nitrogens is 1. The van der Waals surface area contributed by atoms with Crippen molar-refractivity contribution in [2.24, 2.45) is 0 Å². The molecular weight excluding hydrogens is 497 g/mol. The lowest BCUT2D eigenvalue weighted by atomic mass is 10.0. The SMILES string of the molecule is Cc1ccc(C(=O)NNC(=O)c2ccccc2CCl)cc1C#Cc1ccc(NC(=O)C(F)(F)F)nc1. The Labute approximate surface area is 209 Å². The number of aryl methyl sites for hydroxylation is 1.